The van der Waals surface area contributed by atoms with E-state index in [4.69, 9.17) is 14.5 Å². The molecule has 0 aromatic carbocycles. The first-order valence-corrected chi connectivity index (χ1v) is 10.6. The summed E-state index contributed by atoms with van der Waals surface area (Å²) in [6.07, 6.45) is 8.45. The number of hydrogen-bond donors (Lipinski definition) is 2. The lowest BCUT2D eigenvalue weighted by molar-refractivity contribution is 0.143. The SMILES string of the molecule is CCNC(=NCc1cccnc1OCCOC)NC1CCN(C2CCCC2)C1.I. The van der Waals surface area contributed by atoms with Crippen LogP contribution in [0, 0.1) is 0 Å². The van der Waals surface area contributed by atoms with Gasteiger partial charge in [0, 0.05) is 50.6 Å². The molecular weight excluding hydrogens is 481 g/mol. The molecule has 7 nitrogen and oxygen atoms in total. The fraction of sp³-hybridized carbons (Fsp3) is 0.714. The monoisotopic (exact) mass is 517 g/mol. The standard InChI is InChI=1S/C21H35N5O2.HI/c1-3-22-21(25-18-10-12-26(16-18)19-8-4-5-9-19)24-15-17-7-6-11-23-20(17)28-14-13-27-2;/h6-7,11,18-19H,3-5,8-10,12-16H2,1-2H3,(H2,22,24,25);1H. The number of nitrogens with zero attached hydrogens (tertiary/aromatic N) is 3. The molecule has 0 radical (unpaired) electrons. The number of guanidine groups is 1. The van der Waals surface area contributed by atoms with E-state index in [2.05, 4.69) is 27.4 Å². The highest BCUT2D eigenvalue weighted by molar-refractivity contribution is 14.0. The summed E-state index contributed by atoms with van der Waals surface area (Å²) in [5.74, 6) is 1.50. The van der Waals surface area contributed by atoms with Gasteiger partial charge in [-0.25, -0.2) is 9.98 Å². The quantitative estimate of drug-likeness (QED) is 0.227. The molecule has 1 aliphatic heterocycles. The highest BCUT2D eigenvalue weighted by Crippen LogP contribution is 2.26. The molecular formula is C21H36IN5O2. The first-order chi connectivity index (χ1) is 13.8. The van der Waals surface area contributed by atoms with Gasteiger partial charge in [0.2, 0.25) is 5.88 Å². The Kier molecular flexibility index (Phi) is 11.0. The highest BCUT2D eigenvalue weighted by Gasteiger charge is 2.30. The number of likely N-dealkylation sites (tertiary alicyclic amines) is 1. The van der Waals surface area contributed by atoms with E-state index >= 15 is 0 Å². The summed E-state index contributed by atoms with van der Waals surface area (Å²) < 4.78 is 10.8. The molecule has 0 amide bonds. The second-order valence-electron chi connectivity index (χ2n) is 7.57. The van der Waals surface area contributed by atoms with E-state index in [1.165, 1.54) is 38.6 Å². The van der Waals surface area contributed by atoms with Gasteiger partial charge in [0.15, 0.2) is 5.96 Å². The van der Waals surface area contributed by atoms with Gasteiger partial charge >= 0.3 is 0 Å². The Bertz CT molecular complexity index is 625. The van der Waals surface area contributed by atoms with Crippen molar-refractivity contribution in [3.05, 3.63) is 23.9 Å². The molecule has 2 fully saturated rings. The van der Waals surface area contributed by atoms with Crippen LogP contribution in [-0.2, 0) is 11.3 Å². The van der Waals surface area contributed by atoms with E-state index in [1.807, 2.05) is 12.1 Å². The highest BCUT2D eigenvalue weighted by atomic mass is 127. The molecule has 8 heteroatoms. The first kappa shape index (κ1) is 24.1. The third-order valence-electron chi connectivity index (χ3n) is 5.53. The number of ether oxygens (including phenoxy) is 2. The summed E-state index contributed by atoms with van der Waals surface area (Å²) in [4.78, 5) is 11.8. The van der Waals surface area contributed by atoms with Crippen molar-refractivity contribution in [2.24, 2.45) is 4.99 Å². The number of nitrogens with one attached hydrogen (secondary N) is 2. The molecule has 0 spiro atoms. The van der Waals surface area contributed by atoms with Crippen molar-refractivity contribution in [2.45, 2.75) is 57.7 Å². The Morgan fingerprint density at radius 1 is 1.28 bits per heavy atom. The second-order valence-corrected chi connectivity index (χ2v) is 7.57. The Labute approximate surface area is 192 Å². The predicted molar refractivity (Wildman–Crippen MR) is 127 cm³/mol. The second kappa shape index (κ2) is 13.2. The summed E-state index contributed by atoms with van der Waals surface area (Å²) in [5, 5.41) is 7.00. The first-order valence-electron chi connectivity index (χ1n) is 10.6. The van der Waals surface area contributed by atoms with E-state index in [0.29, 0.717) is 31.7 Å². The summed E-state index contributed by atoms with van der Waals surface area (Å²) in [7, 11) is 1.66. The fourth-order valence-electron chi connectivity index (χ4n) is 4.08. The molecule has 0 bridgehead atoms. The zero-order valence-corrected chi connectivity index (χ0v) is 20.1. The van der Waals surface area contributed by atoms with Crippen LogP contribution >= 0.6 is 24.0 Å². The minimum atomic E-state index is 0. The smallest absolute Gasteiger partial charge is 0.218 e. The summed E-state index contributed by atoms with van der Waals surface area (Å²) in [5.41, 5.74) is 0.981. The van der Waals surface area contributed by atoms with E-state index in [-0.39, 0.29) is 24.0 Å². The lowest BCUT2D eigenvalue weighted by atomic mass is 10.2. The number of rotatable bonds is 9. The molecule has 2 N–H and O–H groups in total. The van der Waals surface area contributed by atoms with E-state index in [9.17, 15) is 0 Å². The van der Waals surface area contributed by atoms with E-state index in [0.717, 1.165) is 30.7 Å². The maximum Gasteiger partial charge on any atom is 0.218 e. The average molecular weight is 517 g/mol. The van der Waals surface area contributed by atoms with Crippen molar-refractivity contribution < 1.29 is 9.47 Å². The molecule has 1 aliphatic carbocycles. The predicted octanol–water partition coefficient (Wildman–Crippen LogP) is 2.80. The number of aliphatic imine (C=N–C) groups is 1. The van der Waals surface area contributed by atoms with Crippen molar-refractivity contribution in [2.75, 3.05) is 40.0 Å². The molecule has 1 saturated carbocycles. The van der Waals surface area contributed by atoms with Crippen LogP contribution in [0.15, 0.2) is 23.3 Å². The number of pyridine rings is 1. The molecule has 164 valence electrons. The number of methoxy groups -OCH3 is 1. The third-order valence-corrected chi connectivity index (χ3v) is 5.53. The molecule has 29 heavy (non-hydrogen) atoms. The lowest BCUT2D eigenvalue weighted by Gasteiger charge is -2.24. The minimum absolute atomic E-state index is 0. The van der Waals surface area contributed by atoms with Crippen LogP contribution in [0.5, 0.6) is 5.88 Å². The van der Waals surface area contributed by atoms with Crippen LogP contribution in [0.25, 0.3) is 0 Å². The van der Waals surface area contributed by atoms with Gasteiger partial charge in [-0.2, -0.15) is 0 Å². The zero-order chi connectivity index (χ0) is 19.6. The zero-order valence-electron chi connectivity index (χ0n) is 17.7. The van der Waals surface area contributed by atoms with Gasteiger partial charge < -0.3 is 20.1 Å². The normalized spacial score (nSPS) is 20.5. The summed E-state index contributed by atoms with van der Waals surface area (Å²) in [6.45, 7) is 6.82. The number of aromatic nitrogens is 1. The Morgan fingerprint density at radius 2 is 2.10 bits per heavy atom. The van der Waals surface area contributed by atoms with Crippen molar-refractivity contribution in [3.63, 3.8) is 0 Å². The third kappa shape index (κ3) is 7.57. The van der Waals surface area contributed by atoms with Crippen LogP contribution < -0.4 is 15.4 Å². The van der Waals surface area contributed by atoms with Gasteiger partial charge in [-0.1, -0.05) is 18.9 Å². The number of halogens is 1. The van der Waals surface area contributed by atoms with Gasteiger partial charge in [-0.05, 0) is 32.3 Å². The molecule has 2 aliphatic rings. The van der Waals surface area contributed by atoms with Crippen LogP contribution in [0.4, 0.5) is 0 Å². The Balaban J connectivity index is 0.00000300. The average Bonchev–Trinajstić information content (AvgIpc) is 3.39. The number of hydrogen-bond acceptors (Lipinski definition) is 5. The van der Waals surface area contributed by atoms with Gasteiger partial charge in [0.1, 0.15) is 6.61 Å². The molecule has 2 heterocycles. The lowest BCUT2D eigenvalue weighted by Crippen LogP contribution is -2.45. The molecule has 1 unspecified atom stereocenters. The molecule has 1 saturated heterocycles. The molecule has 1 atom stereocenters. The van der Waals surface area contributed by atoms with E-state index < -0.39 is 0 Å². The van der Waals surface area contributed by atoms with Crippen molar-refractivity contribution in [1.29, 1.82) is 0 Å². The molecule has 3 rings (SSSR count). The topological polar surface area (TPSA) is 71.0 Å². The van der Waals surface area contributed by atoms with Crippen LogP contribution in [0.3, 0.4) is 0 Å². The van der Waals surface area contributed by atoms with Gasteiger partial charge in [0.25, 0.3) is 0 Å². The maximum absolute atomic E-state index is 5.72. The summed E-state index contributed by atoms with van der Waals surface area (Å²) in [6, 6.07) is 5.20. The molecule has 1 aromatic rings. The van der Waals surface area contributed by atoms with Gasteiger partial charge in [-0.3, -0.25) is 4.90 Å². The fourth-order valence-corrected chi connectivity index (χ4v) is 4.08. The summed E-state index contributed by atoms with van der Waals surface area (Å²) >= 11 is 0. The van der Waals surface area contributed by atoms with Crippen LogP contribution in [-0.4, -0.2) is 67.9 Å². The Morgan fingerprint density at radius 3 is 2.86 bits per heavy atom. The van der Waals surface area contributed by atoms with Crippen molar-refractivity contribution in [1.82, 2.24) is 20.5 Å². The van der Waals surface area contributed by atoms with Crippen molar-refractivity contribution >= 4 is 29.9 Å². The minimum Gasteiger partial charge on any atom is -0.475 e. The van der Waals surface area contributed by atoms with Crippen LogP contribution in [0.2, 0.25) is 0 Å². The van der Waals surface area contributed by atoms with Crippen molar-refractivity contribution in [3.8, 4) is 5.88 Å². The van der Waals surface area contributed by atoms with Gasteiger partial charge in [0.05, 0.1) is 13.2 Å². The maximum atomic E-state index is 5.72. The Hall–Kier alpha value is -1.13. The largest absolute Gasteiger partial charge is 0.475 e. The van der Waals surface area contributed by atoms with Gasteiger partial charge in [-0.15, -0.1) is 24.0 Å². The van der Waals surface area contributed by atoms with Crippen LogP contribution in [0.1, 0.15) is 44.6 Å². The molecule has 1 aromatic heterocycles. The van der Waals surface area contributed by atoms with E-state index in [1.54, 1.807) is 13.3 Å².